The standard InChI is InChI=1S/C8H10N4S2/c1-8(2,6-9-3-4-13-6)11-7-12-10-5-14-7/h3-5H,1-2H3,(H,11,12). The van der Waals surface area contributed by atoms with Gasteiger partial charge in [0.2, 0.25) is 5.13 Å². The Labute approximate surface area is 90.0 Å². The minimum atomic E-state index is -0.187. The number of nitrogens with zero attached hydrogens (tertiary/aromatic N) is 3. The average Bonchev–Trinajstić information content (AvgIpc) is 2.71. The summed E-state index contributed by atoms with van der Waals surface area (Å²) in [6.45, 7) is 4.15. The minimum Gasteiger partial charge on any atom is -0.349 e. The molecule has 74 valence electrons. The molecule has 2 aromatic heterocycles. The first-order valence-electron chi connectivity index (χ1n) is 4.13. The van der Waals surface area contributed by atoms with E-state index in [2.05, 4.69) is 34.3 Å². The summed E-state index contributed by atoms with van der Waals surface area (Å²) in [5, 5.41) is 14.9. The van der Waals surface area contributed by atoms with Gasteiger partial charge in [-0.1, -0.05) is 11.3 Å². The second-order valence-corrected chi connectivity index (χ2v) is 5.06. The summed E-state index contributed by atoms with van der Waals surface area (Å²) in [6, 6.07) is 0. The molecular formula is C8H10N4S2. The molecular weight excluding hydrogens is 216 g/mol. The second kappa shape index (κ2) is 3.62. The Morgan fingerprint density at radius 2 is 2.21 bits per heavy atom. The molecule has 14 heavy (non-hydrogen) atoms. The summed E-state index contributed by atoms with van der Waals surface area (Å²) < 4.78 is 0. The van der Waals surface area contributed by atoms with Crippen molar-refractivity contribution in [3.05, 3.63) is 22.1 Å². The first-order valence-corrected chi connectivity index (χ1v) is 5.89. The summed E-state index contributed by atoms with van der Waals surface area (Å²) in [4.78, 5) is 4.28. The van der Waals surface area contributed by atoms with Gasteiger partial charge in [-0.3, -0.25) is 0 Å². The van der Waals surface area contributed by atoms with Crippen LogP contribution >= 0.6 is 22.7 Å². The zero-order valence-electron chi connectivity index (χ0n) is 7.89. The van der Waals surface area contributed by atoms with Crippen LogP contribution in [0.5, 0.6) is 0 Å². The van der Waals surface area contributed by atoms with Crippen molar-refractivity contribution in [3.63, 3.8) is 0 Å². The Kier molecular flexibility index (Phi) is 2.47. The Bertz CT molecular complexity index is 379. The molecule has 0 saturated heterocycles. The van der Waals surface area contributed by atoms with E-state index in [0.717, 1.165) is 10.1 Å². The lowest BCUT2D eigenvalue weighted by molar-refractivity contribution is 0.602. The summed E-state index contributed by atoms with van der Waals surface area (Å²) in [7, 11) is 0. The topological polar surface area (TPSA) is 50.7 Å². The maximum absolute atomic E-state index is 4.28. The summed E-state index contributed by atoms with van der Waals surface area (Å²) in [6.07, 6.45) is 1.81. The van der Waals surface area contributed by atoms with E-state index in [1.54, 1.807) is 16.8 Å². The second-order valence-electron chi connectivity index (χ2n) is 3.33. The van der Waals surface area contributed by atoms with Crippen LogP contribution in [-0.2, 0) is 5.54 Å². The Morgan fingerprint density at radius 1 is 1.36 bits per heavy atom. The van der Waals surface area contributed by atoms with Gasteiger partial charge < -0.3 is 5.32 Å². The predicted octanol–water partition coefficient (Wildman–Crippen LogP) is 2.34. The van der Waals surface area contributed by atoms with Gasteiger partial charge in [-0.2, -0.15) is 0 Å². The largest absolute Gasteiger partial charge is 0.349 e. The van der Waals surface area contributed by atoms with E-state index < -0.39 is 0 Å². The van der Waals surface area contributed by atoms with Crippen molar-refractivity contribution in [1.29, 1.82) is 0 Å². The van der Waals surface area contributed by atoms with Crippen LogP contribution in [0.2, 0.25) is 0 Å². The Hall–Kier alpha value is -1.01. The zero-order valence-corrected chi connectivity index (χ0v) is 9.52. The van der Waals surface area contributed by atoms with Crippen molar-refractivity contribution < 1.29 is 0 Å². The molecule has 0 bridgehead atoms. The fourth-order valence-corrected chi connectivity index (χ4v) is 2.40. The molecule has 2 rings (SSSR count). The maximum Gasteiger partial charge on any atom is 0.206 e. The molecule has 0 aliphatic rings. The third kappa shape index (κ3) is 1.91. The van der Waals surface area contributed by atoms with E-state index in [9.17, 15) is 0 Å². The fourth-order valence-electron chi connectivity index (χ4n) is 1.08. The van der Waals surface area contributed by atoms with E-state index in [4.69, 9.17) is 0 Å². The van der Waals surface area contributed by atoms with Crippen LogP contribution < -0.4 is 5.32 Å². The number of thiazole rings is 1. The van der Waals surface area contributed by atoms with Crippen LogP contribution in [0.25, 0.3) is 0 Å². The summed E-state index contributed by atoms with van der Waals surface area (Å²) in [5.41, 5.74) is 1.52. The van der Waals surface area contributed by atoms with E-state index in [1.807, 2.05) is 11.6 Å². The molecule has 2 heterocycles. The van der Waals surface area contributed by atoms with Gasteiger partial charge >= 0.3 is 0 Å². The third-order valence-electron chi connectivity index (χ3n) is 1.75. The van der Waals surface area contributed by atoms with Crippen LogP contribution in [0.3, 0.4) is 0 Å². The monoisotopic (exact) mass is 226 g/mol. The van der Waals surface area contributed by atoms with Gasteiger partial charge in [0.05, 0.1) is 5.54 Å². The molecule has 0 unspecified atom stereocenters. The van der Waals surface area contributed by atoms with Crippen LogP contribution in [0, 0.1) is 0 Å². The van der Waals surface area contributed by atoms with E-state index >= 15 is 0 Å². The SMILES string of the molecule is CC(C)(Nc1nncs1)c1nccs1. The van der Waals surface area contributed by atoms with Gasteiger partial charge in [0, 0.05) is 11.6 Å². The molecule has 4 nitrogen and oxygen atoms in total. The smallest absolute Gasteiger partial charge is 0.206 e. The lowest BCUT2D eigenvalue weighted by Gasteiger charge is -2.22. The number of anilines is 1. The maximum atomic E-state index is 4.28. The van der Waals surface area contributed by atoms with Crippen molar-refractivity contribution in [2.45, 2.75) is 19.4 Å². The quantitative estimate of drug-likeness (QED) is 0.872. The normalized spacial score (nSPS) is 11.6. The fraction of sp³-hybridized carbons (Fsp3) is 0.375. The van der Waals surface area contributed by atoms with Gasteiger partial charge in [0.15, 0.2) is 0 Å². The highest BCUT2D eigenvalue weighted by Gasteiger charge is 2.23. The molecule has 0 atom stereocenters. The molecule has 0 spiro atoms. The van der Waals surface area contributed by atoms with Crippen molar-refractivity contribution in [2.75, 3.05) is 5.32 Å². The number of hydrogen-bond acceptors (Lipinski definition) is 6. The molecule has 0 aromatic carbocycles. The lowest BCUT2D eigenvalue weighted by Crippen LogP contribution is -2.27. The molecule has 0 aliphatic heterocycles. The van der Waals surface area contributed by atoms with Crippen LogP contribution in [0.4, 0.5) is 5.13 Å². The Morgan fingerprint density at radius 3 is 2.79 bits per heavy atom. The third-order valence-corrected chi connectivity index (χ3v) is 3.45. The van der Waals surface area contributed by atoms with Crippen LogP contribution in [0.1, 0.15) is 18.9 Å². The minimum absolute atomic E-state index is 0.187. The molecule has 2 aromatic rings. The summed E-state index contributed by atoms with van der Waals surface area (Å²) >= 11 is 3.13. The first-order chi connectivity index (χ1) is 6.68. The van der Waals surface area contributed by atoms with Crippen molar-refractivity contribution >= 4 is 27.8 Å². The lowest BCUT2D eigenvalue weighted by atomic mass is 10.1. The van der Waals surface area contributed by atoms with Crippen molar-refractivity contribution in [3.8, 4) is 0 Å². The zero-order chi connectivity index (χ0) is 10.0. The van der Waals surface area contributed by atoms with E-state index in [0.29, 0.717) is 0 Å². The highest BCUT2D eigenvalue weighted by Crippen LogP contribution is 2.27. The molecule has 1 N–H and O–H groups in total. The Balaban J connectivity index is 2.17. The van der Waals surface area contributed by atoms with Gasteiger partial charge in [-0.05, 0) is 13.8 Å². The van der Waals surface area contributed by atoms with Gasteiger partial charge in [0.25, 0.3) is 0 Å². The molecule has 0 aliphatic carbocycles. The molecule has 6 heteroatoms. The van der Waals surface area contributed by atoms with Crippen molar-refractivity contribution in [2.24, 2.45) is 0 Å². The molecule has 0 fully saturated rings. The number of aromatic nitrogens is 3. The van der Waals surface area contributed by atoms with Gasteiger partial charge in [0.1, 0.15) is 10.5 Å². The average molecular weight is 226 g/mol. The predicted molar refractivity (Wildman–Crippen MR) is 58.7 cm³/mol. The van der Waals surface area contributed by atoms with Gasteiger partial charge in [-0.25, -0.2) is 4.98 Å². The number of nitrogens with one attached hydrogen (secondary N) is 1. The van der Waals surface area contributed by atoms with E-state index in [-0.39, 0.29) is 5.54 Å². The highest BCUT2D eigenvalue weighted by molar-refractivity contribution is 7.13. The number of hydrogen-bond donors (Lipinski definition) is 1. The molecule has 0 amide bonds. The van der Waals surface area contributed by atoms with E-state index in [1.165, 1.54) is 11.3 Å². The van der Waals surface area contributed by atoms with Crippen LogP contribution in [-0.4, -0.2) is 15.2 Å². The summed E-state index contributed by atoms with van der Waals surface area (Å²) in [5.74, 6) is 0. The first kappa shape index (κ1) is 9.54. The highest BCUT2D eigenvalue weighted by atomic mass is 32.1. The molecule has 0 radical (unpaired) electrons. The van der Waals surface area contributed by atoms with Crippen molar-refractivity contribution in [1.82, 2.24) is 15.2 Å². The molecule has 0 saturated carbocycles. The number of rotatable bonds is 3. The van der Waals surface area contributed by atoms with Crippen LogP contribution in [0.15, 0.2) is 17.1 Å². The van der Waals surface area contributed by atoms with Gasteiger partial charge in [-0.15, -0.1) is 21.5 Å².